The second-order valence-electron chi connectivity index (χ2n) is 4.33. The largest absolute Gasteiger partial charge is 0.419 e. The Balaban J connectivity index is 2.01. The van der Waals surface area contributed by atoms with Crippen molar-refractivity contribution in [1.29, 1.82) is 0 Å². The van der Waals surface area contributed by atoms with Gasteiger partial charge in [0.25, 0.3) is 10.0 Å². The van der Waals surface area contributed by atoms with E-state index in [1.807, 2.05) is 6.92 Å². The topological polar surface area (TPSA) is 81.3 Å². The highest BCUT2D eigenvalue weighted by Crippen LogP contribution is 2.23. The van der Waals surface area contributed by atoms with Crippen LogP contribution in [0.3, 0.4) is 0 Å². The number of benzene rings is 1. The highest BCUT2D eigenvalue weighted by Gasteiger charge is 2.16. The summed E-state index contributed by atoms with van der Waals surface area (Å²) in [6.45, 7) is 2.33. The Morgan fingerprint density at radius 2 is 2.14 bits per heavy atom. The van der Waals surface area contributed by atoms with Crippen LogP contribution in [0.4, 0.5) is 5.69 Å². The first-order valence-corrected chi connectivity index (χ1v) is 8.57. The molecule has 6 nitrogen and oxygen atoms in total. The van der Waals surface area contributed by atoms with Gasteiger partial charge in [0, 0.05) is 12.6 Å². The zero-order chi connectivity index (χ0) is 15.0. The zero-order valence-electron chi connectivity index (χ0n) is 11.1. The zero-order valence-corrected chi connectivity index (χ0v) is 12.7. The Labute approximate surface area is 124 Å². The molecular formula is C13H12N2O4S2. The molecule has 0 atom stereocenters. The molecule has 0 aliphatic heterocycles. The first-order valence-electron chi connectivity index (χ1n) is 6.21. The van der Waals surface area contributed by atoms with Crippen LogP contribution in [0.25, 0.3) is 11.1 Å². The molecule has 2 aromatic heterocycles. The molecule has 3 aromatic rings. The minimum atomic E-state index is -3.61. The van der Waals surface area contributed by atoms with Crippen LogP contribution in [0.2, 0.25) is 0 Å². The molecule has 1 N–H and O–H groups in total. The minimum Gasteiger partial charge on any atom is -0.408 e. The molecule has 0 amide bonds. The fourth-order valence-corrected chi connectivity index (χ4v) is 4.09. The molecule has 3 rings (SSSR count). The van der Waals surface area contributed by atoms with Crippen molar-refractivity contribution in [2.75, 3.05) is 4.72 Å². The molecule has 21 heavy (non-hydrogen) atoms. The van der Waals surface area contributed by atoms with Gasteiger partial charge in [-0.1, -0.05) is 6.07 Å². The third-order valence-electron chi connectivity index (χ3n) is 3.00. The van der Waals surface area contributed by atoms with Crippen molar-refractivity contribution >= 4 is 38.1 Å². The maximum Gasteiger partial charge on any atom is 0.419 e. The number of fused-ring (bicyclic) bond motifs is 1. The van der Waals surface area contributed by atoms with E-state index in [1.54, 1.807) is 23.6 Å². The normalized spacial score (nSPS) is 11.9. The van der Waals surface area contributed by atoms with E-state index in [1.165, 1.54) is 16.7 Å². The lowest BCUT2D eigenvalue weighted by molar-refractivity contribution is 0.513. The molecule has 0 spiro atoms. The van der Waals surface area contributed by atoms with Crippen molar-refractivity contribution in [2.45, 2.75) is 17.7 Å². The van der Waals surface area contributed by atoms with E-state index in [-0.39, 0.29) is 4.21 Å². The number of aromatic nitrogens is 1. The number of anilines is 1. The summed E-state index contributed by atoms with van der Waals surface area (Å²) in [7, 11) is -3.61. The molecule has 0 unspecified atom stereocenters. The van der Waals surface area contributed by atoms with Gasteiger partial charge in [0.1, 0.15) is 4.21 Å². The minimum absolute atomic E-state index is 0.232. The van der Waals surface area contributed by atoms with Crippen LogP contribution in [0.15, 0.2) is 49.1 Å². The Morgan fingerprint density at radius 3 is 2.81 bits per heavy atom. The van der Waals surface area contributed by atoms with Crippen molar-refractivity contribution < 1.29 is 12.8 Å². The van der Waals surface area contributed by atoms with E-state index < -0.39 is 15.8 Å². The van der Waals surface area contributed by atoms with Crippen LogP contribution in [-0.4, -0.2) is 13.0 Å². The molecule has 0 saturated carbocycles. The Bertz CT molecular complexity index is 936. The van der Waals surface area contributed by atoms with Gasteiger partial charge in [-0.2, -0.15) is 0 Å². The van der Waals surface area contributed by atoms with E-state index in [0.29, 0.717) is 23.3 Å². The number of nitrogens with zero attached hydrogens (tertiary/aromatic N) is 1. The molecule has 0 aliphatic rings. The quantitative estimate of drug-likeness (QED) is 0.799. The molecule has 0 radical (unpaired) electrons. The highest BCUT2D eigenvalue weighted by atomic mass is 32.2. The summed E-state index contributed by atoms with van der Waals surface area (Å²) >= 11 is 1.13. The number of nitrogens with one attached hydrogen (secondary N) is 1. The fraction of sp³-hybridized carbons (Fsp3) is 0.154. The van der Waals surface area contributed by atoms with Gasteiger partial charge in [-0.25, -0.2) is 13.2 Å². The summed E-state index contributed by atoms with van der Waals surface area (Å²) in [6, 6.07) is 7.97. The number of hydrogen-bond acceptors (Lipinski definition) is 5. The van der Waals surface area contributed by atoms with Crippen molar-refractivity contribution in [3.63, 3.8) is 0 Å². The summed E-state index contributed by atoms with van der Waals surface area (Å²) in [5, 5.41) is 1.69. The van der Waals surface area contributed by atoms with E-state index in [4.69, 9.17) is 4.42 Å². The van der Waals surface area contributed by atoms with Gasteiger partial charge in [-0.05, 0) is 30.5 Å². The summed E-state index contributed by atoms with van der Waals surface area (Å²) in [6.07, 6.45) is 0. The second-order valence-corrected chi connectivity index (χ2v) is 7.19. The number of sulfonamides is 1. The van der Waals surface area contributed by atoms with Crippen LogP contribution < -0.4 is 10.5 Å². The fourth-order valence-electron chi connectivity index (χ4n) is 2.05. The summed E-state index contributed by atoms with van der Waals surface area (Å²) in [5.41, 5.74) is 1.35. The first-order chi connectivity index (χ1) is 10.0. The third-order valence-corrected chi connectivity index (χ3v) is 5.78. The van der Waals surface area contributed by atoms with E-state index in [2.05, 4.69) is 4.72 Å². The Morgan fingerprint density at radius 1 is 1.33 bits per heavy atom. The second kappa shape index (κ2) is 5.05. The molecule has 110 valence electrons. The van der Waals surface area contributed by atoms with Crippen LogP contribution >= 0.6 is 11.3 Å². The average molecular weight is 324 g/mol. The molecule has 0 aliphatic carbocycles. The van der Waals surface area contributed by atoms with Gasteiger partial charge in [0.2, 0.25) is 0 Å². The third kappa shape index (κ3) is 2.47. The number of oxazole rings is 1. The van der Waals surface area contributed by atoms with E-state index >= 15 is 0 Å². The summed E-state index contributed by atoms with van der Waals surface area (Å²) in [5.74, 6) is -0.453. The van der Waals surface area contributed by atoms with Gasteiger partial charge in [-0.15, -0.1) is 11.3 Å². The molecule has 2 heterocycles. The average Bonchev–Trinajstić information content (AvgIpc) is 3.04. The summed E-state index contributed by atoms with van der Waals surface area (Å²) in [4.78, 5) is 11.6. The highest BCUT2D eigenvalue weighted by molar-refractivity contribution is 7.94. The number of rotatable bonds is 4. The Kier molecular flexibility index (Phi) is 3.34. The van der Waals surface area contributed by atoms with Gasteiger partial charge < -0.3 is 4.42 Å². The monoisotopic (exact) mass is 324 g/mol. The van der Waals surface area contributed by atoms with E-state index in [9.17, 15) is 13.2 Å². The van der Waals surface area contributed by atoms with Crippen LogP contribution in [-0.2, 0) is 16.6 Å². The maximum atomic E-state index is 12.1. The lowest BCUT2D eigenvalue weighted by Crippen LogP contribution is -2.12. The number of aryl methyl sites for hydroxylation is 1. The summed E-state index contributed by atoms with van der Waals surface area (Å²) < 4.78 is 33.6. The van der Waals surface area contributed by atoms with Crippen LogP contribution in [0.1, 0.15) is 6.92 Å². The van der Waals surface area contributed by atoms with Crippen molar-refractivity contribution in [1.82, 2.24) is 4.57 Å². The molecular weight excluding hydrogens is 312 g/mol. The van der Waals surface area contributed by atoms with E-state index in [0.717, 1.165) is 11.3 Å². The van der Waals surface area contributed by atoms with Gasteiger partial charge >= 0.3 is 5.76 Å². The first kappa shape index (κ1) is 13.9. The van der Waals surface area contributed by atoms with Crippen molar-refractivity contribution in [3.8, 4) is 0 Å². The van der Waals surface area contributed by atoms with Gasteiger partial charge in [0.15, 0.2) is 5.58 Å². The molecule has 1 aromatic carbocycles. The van der Waals surface area contributed by atoms with Crippen LogP contribution in [0, 0.1) is 0 Å². The SMILES string of the molecule is CCn1c(=O)oc2cc(NS(=O)(=O)c3cccs3)ccc21. The van der Waals surface area contributed by atoms with Crippen molar-refractivity contribution in [2.24, 2.45) is 0 Å². The molecule has 0 bridgehead atoms. The lowest BCUT2D eigenvalue weighted by Gasteiger charge is -2.06. The number of thiophene rings is 1. The smallest absolute Gasteiger partial charge is 0.408 e. The number of hydrogen-bond donors (Lipinski definition) is 1. The Hall–Kier alpha value is -2.06. The van der Waals surface area contributed by atoms with Gasteiger partial charge in [0.05, 0.1) is 11.2 Å². The van der Waals surface area contributed by atoms with Crippen molar-refractivity contribution in [3.05, 3.63) is 46.3 Å². The standard InChI is InChI=1S/C13H12N2O4S2/c1-2-15-10-6-5-9(8-11(10)19-13(15)16)14-21(17,18)12-4-3-7-20-12/h3-8,14H,2H2,1H3. The van der Waals surface area contributed by atoms with Crippen LogP contribution in [0.5, 0.6) is 0 Å². The lowest BCUT2D eigenvalue weighted by atomic mass is 10.3. The predicted octanol–water partition coefficient (Wildman–Crippen LogP) is 2.48. The molecule has 0 saturated heterocycles. The molecule has 8 heteroatoms. The molecule has 0 fully saturated rings. The maximum absolute atomic E-state index is 12.1. The van der Waals surface area contributed by atoms with Gasteiger partial charge in [-0.3, -0.25) is 9.29 Å². The predicted molar refractivity (Wildman–Crippen MR) is 81.3 cm³/mol.